The van der Waals surface area contributed by atoms with Gasteiger partial charge in [-0.05, 0) is 42.3 Å². The number of para-hydroxylation sites is 1. The molecule has 1 fully saturated rings. The highest BCUT2D eigenvalue weighted by Gasteiger charge is 2.27. The van der Waals surface area contributed by atoms with Crippen LogP contribution in [0.2, 0.25) is 5.02 Å². The average molecular weight is 498 g/mol. The third-order valence-corrected chi connectivity index (χ3v) is 8.42. The number of nitrogens with zero attached hydrogens (tertiary/aromatic N) is 3. The van der Waals surface area contributed by atoms with E-state index in [1.807, 2.05) is 24.3 Å². The Labute approximate surface area is 206 Å². The fourth-order valence-corrected chi connectivity index (χ4v) is 5.74. The number of piperazine rings is 1. The summed E-state index contributed by atoms with van der Waals surface area (Å²) in [6.45, 7) is 3.72. The second-order valence-electron chi connectivity index (χ2n) is 8.32. The van der Waals surface area contributed by atoms with Crippen LogP contribution in [-0.4, -0.2) is 63.9 Å². The van der Waals surface area contributed by atoms with Crippen molar-refractivity contribution in [2.24, 2.45) is 0 Å². The third kappa shape index (κ3) is 5.43. The van der Waals surface area contributed by atoms with E-state index in [1.54, 1.807) is 35.2 Å². The first kappa shape index (κ1) is 24.3. The summed E-state index contributed by atoms with van der Waals surface area (Å²) in [5, 5.41) is 0.0880. The number of benzene rings is 3. The molecular weight excluding hydrogens is 470 g/mol. The van der Waals surface area contributed by atoms with Crippen molar-refractivity contribution in [3.05, 3.63) is 95.0 Å². The number of amides is 1. The molecule has 4 rings (SSSR count). The molecule has 1 heterocycles. The van der Waals surface area contributed by atoms with E-state index in [9.17, 15) is 13.2 Å². The Hall–Kier alpha value is -2.87. The van der Waals surface area contributed by atoms with Crippen LogP contribution >= 0.6 is 11.6 Å². The second-order valence-corrected chi connectivity index (χ2v) is 10.7. The molecule has 0 unspecified atom stereocenters. The van der Waals surface area contributed by atoms with E-state index in [2.05, 4.69) is 17.0 Å². The molecule has 6 nitrogen and oxygen atoms in total. The Bertz CT molecular complexity index is 1230. The maximum atomic E-state index is 13.2. The SMILES string of the molecule is CN(c1ccccc1)S(=O)(=O)c1cc(C(=O)N2CCN(CCc3ccccc3)CC2)ccc1Cl. The molecule has 0 aliphatic carbocycles. The summed E-state index contributed by atoms with van der Waals surface area (Å²) in [5.74, 6) is -0.182. The minimum Gasteiger partial charge on any atom is -0.336 e. The van der Waals surface area contributed by atoms with E-state index in [0.717, 1.165) is 26.1 Å². The van der Waals surface area contributed by atoms with Crippen molar-refractivity contribution >= 4 is 33.2 Å². The summed E-state index contributed by atoms with van der Waals surface area (Å²) in [7, 11) is -2.45. The Morgan fingerprint density at radius 3 is 2.18 bits per heavy atom. The fourth-order valence-electron chi connectivity index (χ4n) is 4.05. The zero-order chi connectivity index (χ0) is 24.1. The normalized spacial score (nSPS) is 14.7. The van der Waals surface area contributed by atoms with Crippen LogP contribution in [0.3, 0.4) is 0 Å². The first-order valence-corrected chi connectivity index (χ1v) is 13.1. The van der Waals surface area contributed by atoms with Gasteiger partial charge in [0.25, 0.3) is 15.9 Å². The number of carbonyl (C=O) groups excluding carboxylic acids is 1. The minimum atomic E-state index is -3.93. The van der Waals surface area contributed by atoms with Crippen LogP contribution in [0.25, 0.3) is 0 Å². The van der Waals surface area contributed by atoms with Crippen LogP contribution < -0.4 is 4.31 Å². The molecule has 1 amide bonds. The Morgan fingerprint density at radius 2 is 1.53 bits per heavy atom. The van der Waals surface area contributed by atoms with E-state index < -0.39 is 10.0 Å². The zero-order valence-corrected chi connectivity index (χ0v) is 20.7. The predicted octanol–water partition coefficient (Wildman–Crippen LogP) is 4.17. The minimum absolute atomic E-state index is 0.0760. The lowest BCUT2D eigenvalue weighted by molar-refractivity contribution is 0.0638. The van der Waals surface area contributed by atoms with Crippen LogP contribution in [0.4, 0.5) is 5.69 Å². The fraction of sp³-hybridized carbons (Fsp3) is 0.269. The molecular formula is C26H28ClN3O3S. The van der Waals surface area contributed by atoms with Gasteiger partial charge in [0.05, 0.1) is 10.7 Å². The molecule has 0 aromatic heterocycles. The van der Waals surface area contributed by atoms with Gasteiger partial charge in [0.1, 0.15) is 4.90 Å². The molecule has 178 valence electrons. The van der Waals surface area contributed by atoms with Crippen molar-refractivity contribution < 1.29 is 13.2 Å². The molecule has 34 heavy (non-hydrogen) atoms. The number of hydrogen-bond donors (Lipinski definition) is 0. The smallest absolute Gasteiger partial charge is 0.265 e. The van der Waals surface area contributed by atoms with Crippen molar-refractivity contribution in [1.29, 1.82) is 0 Å². The molecule has 0 N–H and O–H groups in total. The van der Waals surface area contributed by atoms with Gasteiger partial charge in [0.15, 0.2) is 0 Å². The van der Waals surface area contributed by atoms with Crippen LogP contribution in [0.15, 0.2) is 83.8 Å². The summed E-state index contributed by atoms with van der Waals surface area (Å²) in [5.41, 5.74) is 2.14. The van der Waals surface area contributed by atoms with E-state index in [4.69, 9.17) is 11.6 Å². The lowest BCUT2D eigenvalue weighted by atomic mass is 10.1. The monoisotopic (exact) mass is 497 g/mol. The molecule has 3 aromatic rings. The van der Waals surface area contributed by atoms with Gasteiger partial charge in [-0.15, -0.1) is 0 Å². The summed E-state index contributed by atoms with van der Waals surface area (Å²) < 4.78 is 27.7. The van der Waals surface area contributed by atoms with Crippen molar-refractivity contribution in [1.82, 2.24) is 9.80 Å². The zero-order valence-electron chi connectivity index (χ0n) is 19.1. The van der Waals surface area contributed by atoms with Crippen molar-refractivity contribution in [2.75, 3.05) is 44.1 Å². The number of carbonyl (C=O) groups is 1. The molecule has 0 atom stereocenters. The van der Waals surface area contributed by atoms with Crippen LogP contribution in [0.5, 0.6) is 0 Å². The molecule has 3 aromatic carbocycles. The van der Waals surface area contributed by atoms with Gasteiger partial charge in [-0.1, -0.05) is 60.1 Å². The average Bonchev–Trinajstić information content (AvgIpc) is 2.88. The first-order chi connectivity index (χ1) is 16.4. The summed E-state index contributed by atoms with van der Waals surface area (Å²) in [6, 6.07) is 23.6. The summed E-state index contributed by atoms with van der Waals surface area (Å²) in [4.78, 5) is 17.2. The lowest BCUT2D eigenvalue weighted by Crippen LogP contribution is -2.49. The number of hydrogen-bond acceptors (Lipinski definition) is 4. The van der Waals surface area contributed by atoms with Crippen molar-refractivity contribution in [2.45, 2.75) is 11.3 Å². The van der Waals surface area contributed by atoms with Crippen molar-refractivity contribution in [3.8, 4) is 0 Å². The number of sulfonamides is 1. The van der Waals surface area contributed by atoms with E-state index in [-0.39, 0.29) is 15.8 Å². The summed E-state index contributed by atoms with van der Waals surface area (Å²) in [6.07, 6.45) is 0.974. The largest absolute Gasteiger partial charge is 0.336 e. The lowest BCUT2D eigenvalue weighted by Gasteiger charge is -2.35. The Morgan fingerprint density at radius 1 is 0.912 bits per heavy atom. The molecule has 1 saturated heterocycles. The predicted molar refractivity (Wildman–Crippen MR) is 136 cm³/mol. The first-order valence-electron chi connectivity index (χ1n) is 11.3. The standard InChI is InChI=1S/C26H28ClN3O3S/c1-28(23-10-6-3-7-11-23)34(32,33)25-20-22(12-13-24(25)27)26(31)30-18-16-29(17-19-30)15-14-21-8-4-2-5-9-21/h2-13,20H,14-19H2,1H3. The molecule has 8 heteroatoms. The molecule has 1 aliphatic heterocycles. The van der Waals surface area contributed by atoms with Gasteiger partial charge in [-0.3, -0.25) is 14.0 Å². The van der Waals surface area contributed by atoms with Gasteiger partial charge >= 0.3 is 0 Å². The molecule has 0 radical (unpaired) electrons. The van der Waals surface area contributed by atoms with Gasteiger partial charge in [0.2, 0.25) is 0 Å². The molecule has 0 bridgehead atoms. The van der Waals surface area contributed by atoms with Gasteiger partial charge in [-0.25, -0.2) is 8.42 Å². The quantitative estimate of drug-likeness (QED) is 0.491. The van der Waals surface area contributed by atoms with Gasteiger partial charge in [0, 0.05) is 45.3 Å². The molecule has 0 saturated carbocycles. The maximum absolute atomic E-state index is 13.2. The van der Waals surface area contributed by atoms with Crippen molar-refractivity contribution in [3.63, 3.8) is 0 Å². The van der Waals surface area contributed by atoms with E-state index >= 15 is 0 Å². The number of anilines is 1. The topological polar surface area (TPSA) is 60.9 Å². The van der Waals surface area contributed by atoms with E-state index in [1.165, 1.54) is 29.0 Å². The highest BCUT2D eigenvalue weighted by atomic mass is 35.5. The second kappa shape index (κ2) is 10.6. The van der Waals surface area contributed by atoms with Crippen LogP contribution in [0, 0.1) is 0 Å². The third-order valence-electron chi connectivity index (χ3n) is 6.16. The molecule has 0 spiro atoms. The Balaban J connectivity index is 1.43. The van der Waals surface area contributed by atoms with Crippen LogP contribution in [0.1, 0.15) is 15.9 Å². The Kier molecular flexibility index (Phi) is 7.56. The number of halogens is 1. The van der Waals surface area contributed by atoms with E-state index in [0.29, 0.717) is 24.3 Å². The maximum Gasteiger partial charge on any atom is 0.265 e. The highest BCUT2D eigenvalue weighted by molar-refractivity contribution is 7.93. The number of rotatable bonds is 7. The molecule has 1 aliphatic rings. The van der Waals surface area contributed by atoms with Gasteiger partial charge in [-0.2, -0.15) is 0 Å². The van der Waals surface area contributed by atoms with Crippen LogP contribution in [-0.2, 0) is 16.4 Å². The summed E-state index contributed by atoms with van der Waals surface area (Å²) >= 11 is 6.27. The van der Waals surface area contributed by atoms with Gasteiger partial charge < -0.3 is 4.90 Å². The highest BCUT2D eigenvalue weighted by Crippen LogP contribution is 2.29.